The molecule has 0 saturated heterocycles. The number of nitrogen functional groups attached to an aromatic ring is 1. The summed E-state index contributed by atoms with van der Waals surface area (Å²) in [6.45, 7) is 2.01. The first-order chi connectivity index (χ1) is 18.3. The van der Waals surface area contributed by atoms with E-state index in [0.717, 1.165) is 32.8 Å². The molecule has 5 aromatic rings. The van der Waals surface area contributed by atoms with Gasteiger partial charge in [0.25, 0.3) is 10.1 Å². The third-order valence-electron chi connectivity index (χ3n) is 6.21. The van der Waals surface area contributed by atoms with Crippen molar-refractivity contribution in [1.82, 2.24) is 4.98 Å². The van der Waals surface area contributed by atoms with Crippen LogP contribution in [0, 0.1) is 6.92 Å². The maximum atomic E-state index is 12.0. The summed E-state index contributed by atoms with van der Waals surface area (Å²) in [6.07, 6.45) is 1.56. The van der Waals surface area contributed by atoms with Crippen LogP contribution in [0.2, 0.25) is 0 Å². The molecule has 0 aliphatic heterocycles. The predicted molar refractivity (Wildman–Crippen MR) is 151 cm³/mol. The number of hydrogen-bond donors (Lipinski definition) is 3. The second-order valence-corrected chi connectivity index (χ2v) is 10.5. The van der Waals surface area contributed by atoms with Gasteiger partial charge in [-0.25, -0.2) is 0 Å². The van der Waals surface area contributed by atoms with Gasteiger partial charge in [-0.1, -0.05) is 60.7 Å². The monoisotopic (exact) mass is 542 g/mol. The van der Waals surface area contributed by atoms with Crippen LogP contribution in [0.4, 0.5) is 17.1 Å². The molecular weight excluding hydrogens is 520 g/mol. The van der Waals surface area contributed by atoms with Crippen LogP contribution in [0.15, 0.2) is 111 Å². The average Bonchev–Trinajstić information content (AvgIpc) is 2.92. The minimum atomic E-state index is -4.50. The Morgan fingerprint density at radius 1 is 0.842 bits per heavy atom. The lowest BCUT2D eigenvalue weighted by molar-refractivity contribution is 0.484. The minimum absolute atomic E-state index is 0.115. The predicted octanol–water partition coefficient (Wildman–Crippen LogP) is 7.69. The van der Waals surface area contributed by atoms with E-state index in [1.165, 1.54) is 6.07 Å². The number of nitrogens with zero attached hydrogens (tertiary/aromatic N) is 3. The molecule has 0 atom stereocenters. The van der Waals surface area contributed by atoms with E-state index < -0.39 is 10.1 Å². The fraction of sp³-hybridized carbons (Fsp3) is 0.0357. The molecule has 0 spiro atoms. The molecule has 0 fully saturated rings. The molecule has 10 heteroatoms. The van der Waals surface area contributed by atoms with E-state index in [2.05, 4.69) is 15.2 Å². The first kappa shape index (κ1) is 25.6. The molecular formula is C28H22N4O4S2. The highest BCUT2D eigenvalue weighted by Crippen LogP contribution is 2.38. The zero-order chi connectivity index (χ0) is 26.9. The molecule has 0 bridgehead atoms. The lowest BCUT2D eigenvalue weighted by atomic mass is 9.95. The molecule has 0 aliphatic carbocycles. The lowest BCUT2D eigenvalue weighted by Gasteiger charge is -2.13. The Bertz CT molecular complexity index is 1800. The van der Waals surface area contributed by atoms with Gasteiger partial charge in [-0.05, 0) is 47.9 Å². The number of azo groups is 1. The summed E-state index contributed by atoms with van der Waals surface area (Å²) in [5, 5.41) is 9.09. The molecule has 0 radical (unpaired) electrons. The van der Waals surface area contributed by atoms with Gasteiger partial charge in [0.05, 0.1) is 17.6 Å². The molecule has 0 amide bonds. The van der Waals surface area contributed by atoms with E-state index in [1.807, 2.05) is 55.5 Å². The van der Waals surface area contributed by atoms with Crippen LogP contribution >= 0.6 is 12.0 Å². The number of benzene rings is 4. The van der Waals surface area contributed by atoms with Crippen molar-refractivity contribution in [1.29, 1.82) is 0 Å². The third-order valence-corrected chi connectivity index (χ3v) is 7.66. The van der Waals surface area contributed by atoms with Crippen LogP contribution in [0.25, 0.3) is 33.2 Å². The number of anilines is 1. The van der Waals surface area contributed by atoms with Crippen LogP contribution in [-0.4, -0.2) is 22.5 Å². The van der Waals surface area contributed by atoms with Gasteiger partial charge in [-0.15, -0.1) is 10.2 Å². The molecule has 4 aromatic carbocycles. The van der Waals surface area contributed by atoms with Gasteiger partial charge in [0.15, 0.2) is 0 Å². The molecule has 0 saturated carbocycles. The van der Waals surface area contributed by atoms with E-state index in [0.29, 0.717) is 28.5 Å². The van der Waals surface area contributed by atoms with E-state index in [4.69, 9.17) is 5.73 Å². The van der Waals surface area contributed by atoms with E-state index in [-0.39, 0.29) is 16.3 Å². The molecule has 1 heterocycles. The Morgan fingerprint density at radius 2 is 1.53 bits per heavy atom. The normalized spacial score (nSPS) is 11.9. The van der Waals surface area contributed by atoms with Gasteiger partial charge in [-0.2, -0.15) is 8.42 Å². The summed E-state index contributed by atoms with van der Waals surface area (Å²) in [6, 6.07) is 24.9. The minimum Gasteiger partial charge on any atom is -0.396 e. The fourth-order valence-corrected chi connectivity index (χ4v) is 5.47. The molecule has 38 heavy (non-hydrogen) atoms. The summed E-state index contributed by atoms with van der Waals surface area (Å²) >= 11 is 0.715. The second kappa shape index (κ2) is 10.3. The molecule has 4 N–H and O–H groups in total. The highest BCUT2D eigenvalue weighted by Gasteiger charge is 2.18. The second-order valence-electron chi connectivity index (χ2n) is 8.50. The summed E-state index contributed by atoms with van der Waals surface area (Å²) in [4.78, 5) is 5.03. The van der Waals surface area contributed by atoms with Gasteiger partial charge >= 0.3 is 0 Å². The van der Waals surface area contributed by atoms with E-state index in [9.17, 15) is 17.5 Å². The number of pyridine rings is 1. The Balaban J connectivity index is 1.48. The van der Waals surface area contributed by atoms with Crippen molar-refractivity contribution in [3.8, 4) is 22.4 Å². The summed E-state index contributed by atoms with van der Waals surface area (Å²) < 4.78 is 43.3. The quantitative estimate of drug-likeness (QED) is 0.0865. The Morgan fingerprint density at radius 3 is 2.24 bits per heavy atom. The molecule has 8 nitrogen and oxygen atoms in total. The largest absolute Gasteiger partial charge is 0.396 e. The summed E-state index contributed by atoms with van der Waals surface area (Å²) in [5.74, 6) is 0. The van der Waals surface area contributed by atoms with Crippen LogP contribution < -0.4 is 5.73 Å². The van der Waals surface area contributed by atoms with Crippen molar-refractivity contribution in [2.45, 2.75) is 16.7 Å². The smallest absolute Gasteiger partial charge is 0.295 e. The van der Waals surface area contributed by atoms with Crippen molar-refractivity contribution in [3.05, 3.63) is 96.7 Å². The number of hydrogen-bond acceptors (Lipinski definition) is 8. The Kier molecular flexibility index (Phi) is 6.96. The number of nitrogens with two attached hydrogens (primary N) is 1. The van der Waals surface area contributed by atoms with Crippen molar-refractivity contribution in [3.63, 3.8) is 0 Å². The zero-order valence-electron chi connectivity index (χ0n) is 20.1. The zero-order valence-corrected chi connectivity index (χ0v) is 21.7. The SMILES string of the molecule is Cc1c(-c2ccc(N=Nc3cc(S(=O)(=O)O)c4ccccc4c3N)cn2)cccc1-c1ccccc1SO. The van der Waals surface area contributed by atoms with Crippen molar-refractivity contribution < 1.29 is 17.5 Å². The fourth-order valence-electron chi connectivity index (χ4n) is 4.34. The highest BCUT2D eigenvalue weighted by molar-refractivity contribution is 7.94. The van der Waals surface area contributed by atoms with Crippen LogP contribution in [0.3, 0.4) is 0 Å². The van der Waals surface area contributed by atoms with Crippen molar-refractivity contribution in [2.24, 2.45) is 10.2 Å². The number of fused-ring (bicyclic) bond motifs is 1. The maximum Gasteiger partial charge on any atom is 0.295 e. The molecule has 5 rings (SSSR count). The van der Waals surface area contributed by atoms with Crippen LogP contribution in [-0.2, 0) is 10.1 Å². The number of rotatable bonds is 6. The lowest BCUT2D eigenvalue weighted by Crippen LogP contribution is -2.01. The van der Waals surface area contributed by atoms with Gasteiger partial charge in [-0.3, -0.25) is 9.54 Å². The van der Waals surface area contributed by atoms with Gasteiger partial charge in [0.1, 0.15) is 16.3 Å². The van der Waals surface area contributed by atoms with Gasteiger partial charge in [0.2, 0.25) is 0 Å². The maximum absolute atomic E-state index is 12.0. The van der Waals surface area contributed by atoms with Crippen LogP contribution in [0.5, 0.6) is 0 Å². The molecule has 1 aromatic heterocycles. The number of aromatic nitrogens is 1. The summed E-state index contributed by atoms with van der Waals surface area (Å²) in [7, 11) is -4.50. The topological polar surface area (TPSA) is 138 Å². The molecule has 0 unspecified atom stereocenters. The highest BCUT2D eigenvalue weighted by atomic mass is 32.2. The van der Waals surface area contributed by atoms with Crippen LogP contribution in [0.1, 0.15) is 5.56 Å². The molecule has 190 valence electrons. The van der Waals surface area contributed by atoms with E-state index >= 15 is 0 Å². The standard InChI is InChI=1S/C28H22N4O4S2/c1-17-19(21-7-4-5-12-26(21)37-33)10-6-11-20(17)24-14-13-18(16-30-24)31-32-25-15-27(38(34,35)36)22-8-2-3-9-23(22)28(25)29/h2-16,33H,29H2,1H3,(H,34,35,36). The Hall–Kier alpha value is -4.09. The van der Waals surface area contributed by atoms with E-state index in [1.54, 1.807) is 36.5 Å². The van der Waals surface area contributed by atoms with Gasteiger partial charge < -0.3 is 10.3 Å². The van der Waals surface area contributed by atoms with Gasteiger partial charge in [0, 0.05) is 33.3 Å². The third kappa shape index (κ3) is 4.90. The molecule has 0 aliphatic rings. The Labute approximate surface area is 223 Å². The first-order valence-electron chi connectivity index (χ1n) is 11.4. The van der Waals surface area contributed by atoms with Crippen molar-refractivity contribution >= 4 is 50.0 Å². The first-order valence-corrected chi connectivity index (χ1v) is 13.7. The summed E-state index contributed by atoms with van der Waals surface area (Å²) in [5.41, 5.74) is 11.6. The average molecular weight is 543 g/mol. The van der Waals surface area contributed by atoms with Crippen molar-refractivity contribution in [2.75, 3.05) is 5.73 Å².